The van der Waals surface area contributed by atoms with Crippen LogP contribution in [0.25, 0.3) is 0 Å². The average Bonchev–Trinajstić information content (AvgIpc) is 2.86. The topological polar surface area (TPSA) is 105 Å². The van der Waals surface area contributed by atoms with E-state index in [1.807, 2.05) is 19.1 Å². The van der Waals surface area contributed by atoms with Gasteiger partial charge in [-0.25, -0.2) is 4.79 Å². The average molecular weight is 375 g/mol. The molecule has 1 aromatic carbocycles. The number of carbonyl (C=O) groups is 4. The second-order valence-corrected chi connectivity index (χ2v) is 6.68. The molecule has 8 nitrogen and oxygen atoms in total. The van der Waals surface area contributed by atoms with Crippen molar-refractivity contribution in [2.24, 2.45) is 0 Å². The summed E-state index contributed by atoms with van der Waals surface area (Å²) in [5.74, 6) is -1.81. The van der Waals surface area contributed by atoms with E-state index < -0.39 is 42.0 Å². The first-order chi connectivity index (χ1) is 12.7. The normalized spacial score (nSPS) is 20.2. The highest BCUT2D eigenvalue weighted by molar-refractivity contribution is 6.08. The Bertz CT molecular complexity index is 746. The lowest BCUT2D eigenvalue weighted by Crippen LogP contribution is -2.44. The van der Waals surface area contributed by atoms with Crippen LogP contribution < -0.4 is 10.6 Å². The highest BCUT2D eigenvalue weighted by Crippen LogP contribution is 2.20. The Kier molecular flexibility index (Phi) is 6.20. The van der Waals surface area contributed by atoms with Crippen LogP contribution in [-0.2, 0) is 25.5 Å². The van der Waals surface area contributed by atoms with E-state index in [1.54, 1.807) is 26.0 Å². The number of carbonyl (C=O) groups excluding carboxylic acids is 4. The lowest BCUT2D eigenvalue weighted by atomic mass is 9.99. The Labute approximate surface area is 158 Å². The predicted molar refractivity (Wildman–Crippen MR) is 98.9 cm³/mol. The van der Waals surface area contributed by atoms with E-state index in [0.717, 1.165) is 16.9 Å². The van der Waals surface area contributed by atoms with Gasteiger partial charge in [-0.3, -0.25) is 19.3 Å². The summed E-state index contributed by atoms with van der Waals surface area (Å²) in [6.07, 6.45) is 0.225. The Morgan fingerprint density at radius 1 is 1.22 bits per heavy atom. The van der Waals surface area contributed by atoms with Crippen LogP contribution in [0.1, 0.15) is 39.7 Å². The SMILES string of the molecule is CCc1ccc(NC(=O)[C@@H](C)OC(=O)CN2C(=O)N[C@](C)(CC)C2=O)cc1. The fraction of sp³-hybridized carbons (Fsp3) is 0.474. The van der Waals surface area contributed by atoms with Gasteiger partial charge in [0.1, 0.15) is 12.1 Å². The maximum Gasteiger partial charge on any atom is 0.327 e. The molecule has 2 rings (SSSR count). The maximum absolute atomic E-state index is 12.3. The molecule has 4 amide bonds. The fourth-order valence-electron chi connectivity index (χ4n) is 2.62. The van der Waals surface area contributed by atoms with Crippen molar-refractivity contribution in [2.75, 3.05) is 11.9 Å². The molecule has 1 aliphatic heterocycles. The molecule has 2 atom stereocenters. The number of amides is 4. The van der Waals surface area contributed by atoms with E-state index in [1.165, 1.54) is 6.92 Å². The number of esters is 1. The van der Waals surface area contributed by atoms with Gasteiger partial charge in [0.15, 0.2) is 6.10 Å². The molecule has 0 unspecified atom stereocenters. The first-order valence-electron chi connectivity index (χ1n) is 8.93. The lowest BCUT2D eigenvalue weighted by Gasteiger charge is -2.19. The van der Waals surface area contributed by atoms with Gasteiger partial charge in [0.25, 0.3) is 11.8 Å². The van der Waals surface area contributed by atoms with Gasteiger partial charge in [0, 0.05) is 5.69 Å². The molecule has 27 heavy (non-hydrogen) atoms. The third-order valence-corrected chi connectivity index (χ3v) is 4.65. The highest BCUT2D eigenvalue weighted by Gasteiger charge is 2.47. The van der Waals surface area contributed by atoms with Crippen LogP contribution in [0.2, 0.25) is 0 Å². The number of anilines is 1. The zero-order valence-electron chi connectivity index (χ0n) is 16.0. The van der Waals surface area contributed by atoms with Crippen molar-refractivity contribution in [3.05, 3.63) is 29.8 Å². The van der Waals surface area contributed by atoms with Crippen molar-refractivity contribution < 1.29 is 23.9 Å². The molecule has 0 aliphatic carbocycles. The number of benzene rings is 1. The molecule has 1 fully saturated rings. The summed E-state index contributed by atoms with van der Waals surface area (Å²) in [6.45, 7) is 6.28. The van der Waals surface area contributed by atoms with Crippen molar-refractivity contribution >= 4 is 29.5 Å². The van der Waals surface area contributed by atoms with Crippen LogP contribution in [0.4, 0.5) is 10.5 Å². The summed E-state index contributed by atoms with van der Waals surface area (Å²) in [5, 5.41) is 5.21. The molecule has 146 valence electrons. The number of hydrogen-bond donors (Lipinski definition) is 2. The molecule has 0 bridgehead atoms. The van der Waals surface area contributed by atoms with Crippen molar-refractivity contribution in [1.82, 2.24) is 10.2 Å². The number of nitrogens with zero attached hydrogens (tertiary/aromatic N) is 1. The van der Waals surface area contributed by atoms with Crippen molar-refractivity contribution in [3.63, 3.8) is 0 Å². The zero-order valence-corrected chi connectivity index (χ0v) is 16.0. The number of aryl methyl sites for hydroxylation is 1. The van der Waals surface area contributed by atoms with Gasteiger partial charge >= 0.3 is 12.0 Å². The molecular formula is C19H25N3O5. The van der Waals surface area contributed by atoms with Crippen LogP contribution >= 0.6 is 0 Å². The van der Waals surface area contributed by atoms with E-state index in [-0.39, 0.29) is 0 Å². The van der Waals surface area contributed by atoms with Gasteiger partial charge in [0.05, 0.1) is 0 Å². The number of urea groups is 1. The van der Waals surface area contributed by atoms with Crippen LogP contribution in [0.15, 0.2) is 24.3 Å². The molecule has 0 saturated carbocycles. The van der Waals surface area contributed by atoms with E-state index >= 15 is 0 Å². The van der Waals surface area contributed by atoms with Crippen LogP contribution in [0.3, 0.4) is 0 Å². The van der Waals surface area contributed by atoms with Gasteiger partial charge in [-0.15, -0.1) is 0 Å². The minimum absolute atomic E-state index is 0.402. The third kappa shape index (κ3) is 4.64. The summed E-state index contributed by atoms with van der Waals surface area (Å²) in [6, 6.07) is 6.69. The van der Waals surface area contributed by atoms with Crippen LogP contribution in [-0.4, -0.2) is 46.9 Å². The van der Waals surface area contributed by atoms with Gasteiger partial charge in [-0.2, -0.15) is 0 Å². The number of hydrogen-bond acceptors (Lipinski definition) is 5. The third-order valence-electron chi connectivity index (χ3n) is 4.65. The minimum atomic E-state index is -1.07. The molecule has 2 N–H and O–H groups in total. The summed E-state index contributed by atoms with van der Waals surface area (Å²) in [4.78, 5) is 49.2. The largest absolute Gasteiger partial charge is 0.451 e. The van der Waals surface area contributed by atoms with E-state index in [4.69, 9.17) is 4.74 Å². The molecule has 1 aliphatic rings. The predicted octanol–water partition coefficient (Wildman–Crippen LogP) is 1.84. The van der Waals surface area contributed by atoms with Gasteiger partial charge in [-0.1, -0.05) is 26.0 Å². The summed E-state index contributed by atoms with van der Waals surface area (Å²) in [7, 11) is 0. The maximum atomic E-state index is 12.3. The molecule has 1 heterocycles. The first kappa shape index (κ1) is 20.4. The number of rotatable bonds is 7. The Morgan fingerprint density at radius 3 is 2.37 bits per heavy atom. The fourth-order valence-corrected chi connectivity index (χ4v) is 2.62. The standard InChI is InChI=1S/C19H25N3O5/c1-5-13-7-9-14(10-8-13)20-16(24)12(3)27-15(23)11-22-17(25)19(4,6-2)21-18(22)26/h7-10,12H,5-6,11H2,1-4H3,(H,20,24)(H,21,26)/t12-,19-/m1/s1. The summed E-state index contributed by atoms with van der Waals surface area (Å²) >= 11 is 0. The van der Waals surface area contributed by atoms with E-state index in [2.05, 4.69) is 10.6 Å². The van der Waals surface area contributed by atoms with Gasteiger partial charge in [-0.05, 0) is 44.4 Å². The Balaban J connectivity index is 1.90. The molecule has 8 heteroatoms. The molecule has 0 spiro atoms. The monoisotopic (exact) mass is 375 g/mol. The second-order valence-electron chi connectivity index (χ2n) is 6.68. The molecular weight excluding hydrogens is 350 g/mol. The van der Waals surface area contributed by atoms with Crippen molar-refractivity contribution in [2.45, 2.75) is 52.2 Å². The molecule has 0 aromatic heterocycles. The first-order valence-corrected chi connectivity index (χ1v) is 8.93. The van der Waals surface area contributed by atoms with Crippen molar-refractivity contribution in [3.8, 4) is 0 Å². The number of nitrogens with one attached hydrogen (secondary N) is 2. The minimum Gasteiger partial charge on any atom is -0.451 e. The Morgan fingerprint density at radius 2 is 1.85 bits per heavy atom. The zero-order chi connectivity index (χ0) is 20.2. The highest BCUT2D eigenvalue weighted by atomic mass is 16.5. The van der Waals surface area contributed by atoms with E-state index in [9.17, 15) is 19.2 Å². The summed E-state index contributed by atoms with van der Waals surface area (Å²) < 4.78 is 5.06. The van der Waals surface area contributed by atoms with Crippen LogP contribution in [0, 0.1) is 0 Å². The molecule has 1 aromatic rings. The number of ether oxygens (including phenoxy) is 1. The summed E-state index contributed by atoms with van der Waals surface area (Å²) in [5.41, 5.74) is 0.707. The van der Waals surface area contributed by atoms with Crippen molar-refractivity contribution in [1.29, 1.82) is 0 Å². The van der Waals surface area contributed by atoms with Gasteiger partial charge < -0.3 is 15.4 Å². The second kappa shape index (κ2) is 8.20. The molecule has 0 radical (unpaired) electrons. The van der Waals surface area contributed by atoms with Crippen LogP contribution in [0.5, 0.6) is 0 Å². The number of imide groups is 1. The van der Waals surface area contributed by atoms with E-state index in [0.29, 0.717) is 12.1 Å². The lowest BCUT2D eigenvalue weighted by molar-refractivity contribution is -0.155. The quantitative estimate of drug-likeness (QED) is 0.559. The Hall–Kier alpha value is -2.90. The molecule has 1 saturated heterocycles. The van der Waals surface area contributed by atoms with Gasteiger partial charge in [0.2, 0.25) is 0 Å². The smallest absolute Gasteiger partial charge is 0.327 e.